The average Bonchev–Trinajstić information content (AvgIpc) is 3.02. The SMILES string of the molecule is Cc1cccc(N2CCN(C(=O)[C@H](N=C3NS(=O)(=O)c4ccccc43)C(C)C)CC2)c1. The van der Waals surface area contributed by atoms with Crippen molar-refractivity contribution in [1.29, 1.82) is 0 Å². The molecule has 2 aromatic rings. The van der Waals surface area contributed by atoms with Crippen LogP contribution < -0.4 is 9.62 Å². The fourth-order valence-corrected chi connectivity index (χ4v) is 5.29. The van der Waals surface area contributed by atoms with Crippen molar-refractivity contribution in [2.75, 3.05) is 31.1 Å². The van der Waals surface area contributed by atoms with Gasteiger partial charge in [0.05, 0.1) is 4.90 Å². The minimum Gasteiger partial charge on any atom is -0.368 e. The van der Waals surface area contributed by atoms with Gasteiger partial charge < -0.3 is 9.80 Å². The van der Waals surface area contributed by atoms with Crippen molar-refractivity contribution in [3.8, 4) is 0 Å². The third kappa shape index (κ3) is 4.30. The first-order valence-electron chi connectivity index (χ1n) is 10.6. The number of hydrogen-bond donors (Lipinski definition) is 1. The summed E-state index contributed by atoms with van der Waals surface area (Å²) in [5, 5.41) is 0. The predicted octanol–water partition coefficient (Wildman–Crippen LogP) is 2.41. The Morgan fingerprint density at radius 3 is 2.42 bits per heavy atom. The third-order valence-corrected chi connectivity index (χ3v) is 7.17. The zero-order valence-electron chi connectivity index (χ0n) is 18.1. The van der Waals surface area contributed by atoms with Crippen LogP contribution in [0.3, 0.4) is 0 Å². The second kappa shape index (κ2) is 8.34. The standard InChI is InChI=1S/C23H28N4O3S/c1-16(2)21(24-22-19-9-4-5-10-20(19)31(29,30)25-22)23(28)27-13-11-26(12-14-27)18-8-6-7-17(3)15-18/h4-10,15-16,21H,11-14H2,1-3H3,(H,24,25)/t21-/m1/s1. The smallest absolute Gasteiger partial charge is 0.263 e. The van der Waals surface area contributed by atoms with Gasteiger partial charge in [-0.3, -0.25) is 14.5 Å². The van der Waals surface area contributed by atoms with E-state index in [-0.39, 0.29) is 22.6 Å². The highest BCUT2D eigenvalue weighted by molar-refractivity contribution is 7.90. The number of benzene rings is 2. The zero-order valence-corrected chi connectivity index (χ0v) is 18.9. The Morgan fingerprint density at radius 1 is 1.03 bits per heavy atom. The van der Waals surface area contributed by atoms with Gasteiger partial charge in [0.1, 0.15) is 11.9 Å². The first kappa shape index (κ1) is 21.4. The van der Waals surface area contributed by atoms with Crippen molar-refractivity contribution >= 4 is 27.5 Å². The minimum absolute atomic E-state index is 0.0602. The van der Waals surface area contributed by atoms with Crippen molar-refractivity contribution in [1.82, 2.24) is 9.62 Å². The van der Waals surface area contributed by atoms with Crippen molar-refractivity contribution < 1.29 is 13.2 Å². The molecule has 2 aliphatic heterocycles. The number of fused-ring (bicyclic) bond motifs is 1. The summed E-state index contributed by atoms with van der Waals surface area (Å²) in [6.45, 7) is 8.69. The third-order valence-electron chi connectivity index (χ3n) is 5.77. The summed E-state index contributed by atoms with van der Waals surface area (Å²) in [5.41, 5.74) is 2.90. The highest BCUT2D eigenvalue weighted by Gasteiger charge is 2.34. The number of nitrogens with one attached hydrogen (secondary N) is 1. The zero-order chi connectivity index (χ0) is 22.2. The topological polar surface area (TPSA) is 82.1 Å². The lowest BCUT2D eigenvalue weighted by Crippen LogP contribution is -2.52. The van der Waals surface area contributed by atoms with Crippen LogP contribution in [0.1, 0.15) is 25.0 Å². The molecule has 2 heterocycles. The number of aliphatic imine (C=N–C) groups is 1. The molecule has 0 aromatic heterocycles. The maximum absolute atomic E-state index is 13.3. The van der Waals surface area contributed by atoms with E-state index in [2.05, 4.69) is 39.7 Å². The summed E-state index contributed by atoms with van der Waals surface area (Å²) < 4.78 is 27.3. The number of nitrogens with zero attached hydrogens (tertiary/aromatic N) is 3. The van der Waals surface area contributed by atoms with E-state index in [0.29, 0.717) is 18.7 Å². The number of carbonyl (C=O) groups excluding carboxylic acids is 1. The van der Waals surface area contributed by atoms with Crippen LogP contribution in [0.5, 0.6) is 0 Å². The van der Waals surface area contributed by atoms with Gasteiger partial charge in [0.15, 0.2) is 0 Å². The van der Waals surface area contributed by atoms with Gasteiger partial charge in [0.25, 0.3) is 10.0 Å². The van der Waals surface area contributed by atoms with Crippen molar-refractivity contribution in [3.05, 3.63) is 59.7 Å². The van der Waals surface area contributed by atoms with Gasteiger partial charge in [-0.25, -0.2) is 8.42 Å². The van der Waals surface area contributed by atoms with Crippen LogP contribution >= 0.6 is 0 Å². The van der Waals surface area contributed by atoms with E-state index in [1.165, 1.54) is 11.3 Å². The number of sulfonamides is 1. The summed E-state index contributed by atoms with van der Waals surface area (Å²) in [7, 11) is -3.63. The molecule has 1 saturated heterocycles. The molecule has 0 saturated carbocycles. The number of hydrogen-bond acceptors (Lipinski definition) is 5. The first-order valence-corrected chi connectivity index (χ1v) is 12.0. The van der Waals surface area contributed by atoms with Gasteiger partial charge in [-0.05, 0) is 42.7 Å². The largest absolute Gasteiger partial charge is 0.368 e. The molecule has 8 heteroatoms. The van der Waals surface area contributed by atoms with E-state index in [1.54, 1.807) is 24.3 Å². The maximum Gasteiger partial charge on any atom is 0.263 e. The molecule has 31 heavy (non-hydrogen) atoms. The molecule has 1 atom stereocenters. The molecule has 2 aliphatic rings. The predicted molar refractivity (Wildman–Crippen MR) is 122 cm³/mol. The number of aryl methyl sites for hydroxylation is 1. The molecule has 0 aliphatic carbocycles. The Kier molecular flexibility index (Phi) is 5.75. The van der Waals surface area contributed by atoms with Gasteiger partial charge >= 0.3 is 0 Å². The van der Waals surface area contributed by atoms with E-state index in [1.807, 2.05) is 24.8 Å². The fourth-order valence-electron chi connectivity index (χ4n) is 4.06. The second-order valence-electron chi connectivity index (χ2n) is 8.42. The fraction of sp³-hybridized carbons (Fsp3) is 0.391. The molecule has 164 valence electrons. The minimum atomic E-state index is -3.63. The molecular formula is C23H28N4O3S. The Morgan fingerprint density at radius 2 is 1.74 bits per heavy atom. The molecule has 7 nitrogen and oxygen atoms in total. The molecule has 4 rings (SSSR count). The van der Waals surface area contributed by atoms with Crippen molar-refractivity contribution in [3.63, 3.8) is 0 Å². The van der Waals surface area contributed by atoms with Crippen LogP contribution in [0.2, 0.25) is 0 Å². The normalized spacial score (nSPS) is 19.9. The van der Waals surface area contributed by atoms with Crippen LogP contribution in [0.25, 0.3) is 0 Å². The van der Waals surface area contributed by atoms with E-state index in [0.717, 1.165) is 13.1 Å². The molecule has 1 amide bonds. The van der Waals surface area contributed by atoms with E-state index in [4.69, 9.17) is 0 Å². The van der Waals surface area contributed by atoms with Crippen molar-refractivity contribution in [2.45, 2.75) is 31.7 Å². The Balaban J connectivity index is 1.51. The summed E-state index contributed by atoms with van der Waals surface area (Å²) in [5.74, 6) is 0.128. The van der Waals surface area contributed by atoms with E-state index < -0.39 is 16.1 Å². The summed E-state index contributed by atoms with van der Waals surface area (Å²) in [4.78, 5) is 22.3. The van der Waals surface area contributed by atoms with Crippen LogP contribution in [-0.2, 0) is 14.8 Å². The number of piperazine rings is 1. The highest BCUT2D eigenvalue weighted by atomic mass is 32.2. The van der Waals surface area contributed by atoms with Crippen LogP contribution in [0.15, 0.2) is 58.4 Å². The Hall–Kier alpha value is -2.87. The molecule has 1 fully saturated rings. The lowest BCUT2D eigenvalue weighted by molar-refractivity contribution is -0.133. The van der Waals surface area contributed by atoms with Crippen LogP contribution in [0.4, 0.5) is 5.69 Å². The molecular weight excluding hydrogens is 412 g/mol. The van der Waals surface area contributed by atoms with Gasteiger partial charge in [0.2, 0.25) is 5.91 Å². The number of rotatable bonds is 4. The monoisotopic (exact) mass is 440 g/mol. The molecule has 0 spiro atoms. The Bertz CT molecular complexity index is 1120. The lowest BCUT2D eigenvalue weighted by atomic mass is 10.0. The van der Waals surface area contributed by atoms with Gasteiger partial charge in [-0.2, -0.15) is 0 Å². The maximum atomic E-state index is 13.3. The second-order valence-corrected chi connectivity index (χ2v) is 10.1. The van der Waals surface area contributed by atoms with E-state index in [9.17, 15) is 13.2 Å². The van der Waals surface area contributed by atoms with Gasteiger partial charge in [-0.1, -0.05) is 38.1 Å². The van der Waals surface area contributed by atoms with Gasteiger partial charge in [0, 0.05) is 37.4 Å². The lowest BCUT2D eigenvalue weighted by Gasteiger charge is -2.37. The van der Waals surface area contributed by atoms with Crippen molar-refractivity contribution in [2.24, 2.45) is 10.9 Å². The van der Waals surface area contributed by atoms with E-state index >= 15 is 0 Å². The summed E-state index contributed by atoms with van der Waals surface area (Å²) >= 11 is 0. The van der Waals surface area contributed by atoms with Gasteiger partial charge in [-0.15, -0.1) is 0 Å². The number of anilines is 1. The first-order chi connectivity index (χ1) is 14.8. The molecule has 0 radical (unpaired) electrons. The molecule has 0 bridgehead atoms. The summed E-state index contributed by atoms with van der Waals surface area (Å²) in [6.07, 6.45) is 0. The van der Waals surface area contributed by atoms with Crippen LogP contribution in [0, 0.1) is 12.8 Å². The number of amidine groups is 1. The molecule has 2 aromatic carbocycles. The highest BCUT2D eigenvalue weighted by Crippen LogP contribution is 2.24. The number of carbonyl (C=O) groups is 1. The summed E-state index contributed by atoms with van der Waals surface area (Å²) in [6, 6.07) is 14.5. The molecule has 0 unspecified atom stereocenters. The quantitative estimate of drug-likeness (QED) is 0.792. The molecule has 1 N–H and O–H groups in total. The van der Waals surface area contributed by atoms with Crippen LogP contribution in [-0.4, -0.2) is 57.3 Å². The average molecular weight is 441 g/mol. The Labute approximate surface area is 183 Å². The number of amides is 1.